The number of benzene rings is 2. The lowest BCUT2D eigenvalue weighted by atomic mass is 10.0. The summed E-state index contributed by atoms with van der Waals surface area (Å²) in [7, 11) is -0.977. The topological polar surface area (TPSA) is 69.7 Å². The van der Waals surface area contributed by atoms with Crippen molar-refractivity contribution in [3.05, 3.63) is 58.1 Å². The zero-order valence-electron chi connectivity index (χ0n) is 19.0. The number of hydrogen-bond donors (Lipinski definition) is 0. The highest BCUT2D eigenvalue weighted by molar-refractivity contribution is 7.96. The largest absolute Gasteiger partial charge is 0.497 e. The normalized spacial score (nSPS) is 16.4. The van der Waals surface area contributed by atoms with Crippen LogP contribution in [0.4, 0.5) is 0 Å². The van der Waals surface area contributed by atoms with Gasteiger partial charge >= 0.3 is 0 Å². The van der Waals surface area contributed by atoms with E-state index in [1.54, 1.807) is 18.2 Å². The van der Waals surface area contributed by atoms with Gasteiger partial charge in [0.15, 0.2) is 0 Å². The Kier molecular flexibility index (Phi) is 7.06. The van der Waals surface area contributed by atoms with E-state index in [2.05, 4.69) is 0 Å². The van der Waals surface area contributed by atoms with Crippen LogP contribution >= 0.6 is 7.14 Å². The Labute approximate surface area is 184 Å². The molecule has 0 aromatic heterocycles. The van der Waals surface area contributed by atoms with Crippen LogP contribution in [0.25, 0.3) is 0 Å². The lowest BCUT2D eigenvalue weighted by molar-refractivity contribution is 0.103. The summed E-state index contributed by atoms with van der Waals surface area (Å²) >= 11 is 0. The van der Waals surface area contributed by atoms with E-state index in [9.17, 15) is 14.2 Å². The molecule has 0 spiro atoms. The summed E-state index contributed by atoms with van der Waals surface area (Å²) in [5.41, 5.74) is 1.57. The number of methoxy groups -OCH3 is 2. The van der Waals surface area contributed by atoms with Crippen LogP contribution in [0.5, 0.6) is 11.5 Å². The van der Waals surface area contributed by atoms with Crippen molar-refractivity contribution in [1.29, 1.82) is 0 Å². The van der Waals surface area contributed by atoms with E-state index in [0.29, 0.717) is 24.2 Å². The molecule has 2 aromatic rings. The second-order valence-corrected chi connectivity index (χ2v) is 11.3. The third-order valence-electron chi connectivity index (χ3n) is 6.22. The van der Waals surface area contributed by atoms with Crippen LogP contribution in [0.1, 0.15) is 69.5 Å². The molecule has 2 aromatic carbocycles. The minimum absolute atomic E-state index is 0.174. The highest BCUT2D eigenvalue weighted by atomic mass is 31.2. The minimum Gasteiger partial charge on any atom is -0.497 e. The summed E-state index contributed by atoms with van der Waals surface area (Å²) in [6, 6.07) is 8.59. The Bertz CT molecular complexity index is 1030. The van der Waals surface area contributed by atoms with E-state index < -0.39 is 23.8 Å². The highest BCUT2D eigenvalue weighted by Gasteiger charge is 2.49. The Morgan fingerprint density at radius 2 is 1.48 bits per heavy atom. The summed E-state index contributed by atoms with van der Waals surface area (Å²) < 4.78 is 25.2. The van der Waals surface area contributed by atoms with E-state index in [4.69, 9.17) is 9.47 Å². The van der Waals surface area contributed by atoms with Crippen LogP contribution < -0.4 is 9.47 Å². The fourth-order valence-corrected chi connectivity index (χ4v) is 7.87. The first-order chi connectivity index (χ1) is 14.7. The molecule has 3 rings (SSSR count). The van der Waals surface area contributed by atoms with Crippen molar-refractivity contribution in [3.63, 3.8) is 0 Å². The van der Waals surface area contributed by atoms with E-state index in [0.717, 1.165) is 36.0 Å². The highest BCUT2D eigenvalue weighted by Crippen LogP contribution is 2.61. The van der Waals surface area contributed by atoms with Gasteiger partial charge in [0, 0.05) is 17.3 Å². The predicted octanol–water partition coefficient (Wildman–Crippen LogP) is 6.31. The molecule has 0 N–H and O–H groups in total. The van der Waals surface area contributed by atoms with Crippen molar-refractivity contribution >= 4 is 18.2 Å². The maximum absolute atomic E-state index is 14.6. The smallest absolute Gasteiger partial charge is 0.232 e. The van der Waals surface area contributed by atoms with Crippen molar-refractivity contribution in [1.82, 2.24) is 0 Å². The fourth-order valence-electron chi connectivity index (χ4n) is 4.71. The van der Waals surface area contributed by atoms with Crippen LogP contribution in [0.3, 0.4) is 0 Å². The van der Waals surface area contributed by atoms with Gasteiger partial charge < -0.3 is 14.0 Å². The van der Waals surface area contributed by atoms with Crippen LogP contribution in [-0.2, 0) is 4.57 Å². The fraction of sp³-hybridized carbons (Fsp3) is 0.440. The van der Waals surface area contributed by atoms with Crippen molar-refractivity contribution < 1.29 is 23.6 Å². The first-order valence-corrected chi connectivity index (χ1v) is 12.5. The Morgan fingerprint density at radius 1 is 0.871 bits per heavy atom. The van der Waals surface area contributed by atoms with Crippen molar-refractivity contribution in [3.8, 4) is 11.5 Å². The molecule has 0 aliphatic heterocycles. The summed E-state index contributed by atoms with van der Waals surface area (Å²) in [5.74, 6) is 0.794. The number of hydrogen-bond acceptors (Lipinski definition) is 5. The maximum atomic E-state index is 14.6. The number of aryl methyl sites for hydroxylation is 3. The molecular formula is C25H31O5P. The third-order valence-corrected chi connectivity index (χ3v) is 9.44. The van der Waals surface area contributed by atoms with Crippen molar-refractivity contribution in [2.45, 2.75) is 58.5 Å². The first kappa shape index (κ1) is 23.3. The molecule has 0 heterocycles. The molecule has 0 bridgehead atoms. The number of carbonyl (C=O) groups excluding carboxylic acids is 2. The van der Waals surface area contributed by atoms with Crippen LogP contribution in [-0.4, -0.2) is 30.9 Å². The van der Waals surface area contributed by atoms with Crippen molar-refractivity contribution in [2.24, 2.45) is 0 Å². The summed E-state index contributed by atoms with van der Waals surface area (Å²) in [5, 5.41) is 0. The average Bonchev–Trinajstić information content (AvgIpc) is 2.77. The van der Waals surface area contributed by atoms with E-state index >= 15 is 0 Å². The molecule has 0 amide bonds. The van der Waals surface area contributed by atoms with Crippen LogP contribution in [0.15, 0.2) is 30.3 Å². The SMILES string of the molecule is COc1ccc(C(=O)P(=O)(C(=O)c2c(C)cc(C)cc2C)C2CCCCC2)c(OC)c1. The van der Waals surface area contributed by atoms with Gasteiger partial charge in [-0.1, -0.05) is 37.0 Å². The van der Waals surface area contributed by atoms with E-state index in [1.807, 2.05) is 32.9 Å². The molecule has 5 nitrogen and oxygen atoms in total. The summed E-state index contributed by atoms with van der Waals surface area (Å²) in [4.78, 5) is 27.8. The van der Waals surface area contributed by atoms with Gasteiger partial charge in [0.25, 0.3) is 0 Å². The van der Waals surface area contributed by atoms with Gasteiger partial charge in [-0.25, -0.2) is 0 Å². The molecule has 0 radical (unpaired) electrons. The van der Waals surface area contributed by atoms with Crippen molar-refractivity contribution in [2.75, 3.05) is 14.2 Å². The Morgan fingerprint density at radius 3 is 2.03 bits per heavy atom. The molecule has 31 heavy (non-hydrogen) atoms. The van der Waals surface area contributed by atoms with Gasteiger partial charge in [0.1, 0.15) is 11.5 Å². The first-order valence-electron chi connectivity index (χ1n) is 10.7. The molecule has 1 saturated carbocycles. The minimum atomic E-state index is -3.95. The third kappa shape index (κ3) is 4.34. The van der Waals surface area contributed by atoms with Gasteiger partial charge in [-0.05, 0) is 56.9 Å². The van der Waals surface area contributed by atoms with Gasteiger partial charge in [0.2, 0.25) is 18.2 Å². The molecular weight excluding hydrogens is 411 g/mol. The number of carbonyl (C=O) groups is 2. The van der Waals surface area contributed by atoms with Gasteiger partial charge in [0.05, 0.1) is 19.8 Å². The molecule has 166 valence electrons. The zero-order chi connectivity index (χ0) is 22.8. The van der Waals surface area contributed by atoms with Gasteiger partial charge in [-0.15, -0.1) is 0 Å². The summed E-state index contributed by atoms with van der Waals surface area (Å²) in [6.07, 6.45) is 4.03. The lowest BCUT2D eigenvalue weighted by Crippen LogP contribution is -2.25. The van der Waals surface area contributed by atoms with Gasteiger partial charge in [-0.3, -0.25) is 9.59 Å². The summed E-state index contributed by atoms with van der Waals surface area (Å²) in [6.45, 7) is 5.65. The van der Waals surface area contributed by atoms with E-state index in [1.165, 1.54) is 14.2 Å². The Hall–Kier alpha value is -2.39. The Balaban J connectivity index is 2.18. The molecule has 1 fully saturated rings. The number of ether oxygens (including phenoxy) is 2. The zero-order valence-corrected chi connectivity index (χ0v) is 19.9. The molecule has 0 saturated heterocycles. The second kappa shape index (κ2) is 9.40. The molecule has 6 heteroatoms. The lowest BCUT2D eigenvalue weighted by Gasteiger charge is -2.30. The molecule has 1 aliphatic carbocycles. The van der Waals surface area contributed by atoms with Crippen LogP contribution in [0.2, 0.25) is 0 Å². The van der Waals surface area contributed by atoms with Gasteiger partial charge in [-0.2, -0.15) is 0 Å². The molecule has 1 aliphatic rings. The van der Waals surface area contributed by atoms with Crippen LogP contribution in [0, 0.1) is 20.8 Å². The quantitative estimate of drug-likeness (QED) is 0.470. The van der Waals surface area contributed by atoms with E-state index in [-0.39, 0.29) is 11.3 Å². The monoisotopic (exact) mass is 442 g/mol. The standard InChI is InChI=1S/C25H31O5P/c1-16-13-17(2)23(18(3)14-16)25(27)31(28,20-9-7-6-8-10-20)24(26)21-12-11-19(29-4)15-22(21)30-5/h11-15,20H,6-10H2,1-5H3. The maximum Gasteiger partial charge on any atom is 0.232 e. The molecule has 1 unspecified atom stereocenters. The second-order valence-electron chi connectivity index (χ2n) is 8.40. The average molecular weight is 442 g/mol. The molecule has 1 atom stereocenters. The number of rotatable bonds is 7. The predicted molar refractivity (Wildman–Crippen MR) is 123 cm³/mol.